The van der Waals surface area contributed by atoms with Gasteiger partial charge in [-0.25, -0.2) is 9.78 Å². The molecule has 0 atom stereocenters. The first-order chi connectivity index (χ1) is 12.1. The topological polar surface area (TPSA) is 90.5 Å². The Morgan fingerprint density at radius 2 is 2.08 bits per heavy atom. The molecular weight excluding hydrogens is 320 g/mol. The van der Waals surface area contributed by atoms with Crippen molar-refractivity contribution >= 4 is 22.1 Å². The van der Waals surface area contributed by atoms with Gasteiger partial charge in [0.25, 0.3) is 5.56 Å². The average Bonchev–Trinajstić information content (AvgIpc) is 3.22. The third-order valence-corrected chi connectivity index (χ3v) is 4.11. The highest BCUT2D eigenvalue weighted by Gasteiger charge is 2.13. The minimum atomic E-state index is -0.436. The van der Waals surface area contributed by atoms with Gasteiger partial charge in [-0.3, -0.25) is 19.0 Å². The van der Waals surface area contributed by atoms with Crippen LogP contribution in [-0.4, -0.2) is 28.9 Å². The van der Waals surface area contributed by atoms with Gasteiger partial charge in [0.1, 0.15) is 0 Å². The number of aromatic nitrogens is 6. The number of rotatable bonds is 1. The molecule has 0 saturated heterocycles. The predicted molar refractivity (Wildman–Crippen MR) is 93.2 cm³/mol. The van der Waals surface area contributed by atoms with Crippen molar-refractivity contribution in [1.82, 2.24) is 28.9 Å². The lowest BCUT2D eigenvalue weighted by atomic mass is 10.2. The van der Waals surface area contributed by atoms with Gasteiger partial charge in [-0.15, -0.1) is 0 Å². The van der Waals surface area contributed by atoms with Crippen molar-refractivity contribution in [2.24, 2.45) is 14.1 Å². The highest BCUT2D eigenvalue weighted by atomic mass is 16.2. The van der Waals surface area contributed by atoms with Crippen LogP contribution in [0, 0.1) is 11.8 Å². The van der Waals surface area contributed by atoms with Crippen molar-refractivity contribution in [3.8, 4) is 11.8 Å². The molecule has 4 rings (SSSR count). The van der Waals surface area contributed by atoms with Crippen LogP contribution in [0.2, 0.25) is 0 Å². The monoisotopic (exact) mass is 334 g/mol. The van der Waals surface area contributed by atoms with Crippen LogP contribution in [0.3, 0.4) is 0 Å². The third kappa shape index (κ3) is 2.33. The maximum Gasteiger partial charge on any atom is 0.333 e. The SMILES string of the molecule is Cn1c(=O)c2c(ncn2C)n(CC#Cc2ccc3cn[nH]c3c2)c1=O. The number of aryl methyl sites for hydroxylation is 1. The van der Waals surface area contributed by atoms with Crippen LogP contribution in [0.1, 0.15) is 5.56 Å². The van der Waals surface area contributed by atoms with Crippen LogP contribution in [-0.2, 0) is 20.6 Å². The molecule has 3 heterocycles. The van der Waals surface area contributed by atoms with E-state index in [1.54, 1.807) is 17.8 Å². The smallest absolute Gasteiger partial charge is 0.328 e. The molecule has 8 heteroatoms. The van der Waals surface area contributed by atoms with Gasteiger partial charge in [0.05, 0.1) is 24.6 Å². The molecule has 0 bridgehead atoms. The van der Waals surface area contributed by atoms with Crippen molar-refractivity contribution in [3.63, 3.8) is 0 Å². The summed E-state index contributed by atoms with van der Waals surface area (Å²) in [5.41, 5.74) is 1.63. The lowest BCUT2D eigenvalue weighted by molar-refractivity contribution is 0.682. The Bertz CT molecular complexity index is 1290. The van der Waals surface area contributed by atoms with E-state index >= 15 is 0 Å². The Balaban J connectivity index is 1.77. The Labute approximate surface area is 141 Å². The molecule has 0 saturated carbocycles. The summed E-state index contributed by atoms with van der Waals surface area (Å²) in [6.45, 7) is 0.140. The number of imidazole rings is 1. The third-order valence-electron chi connectivity index (χ3n) is 4.11. The summed E-state index contributed by atoms with van der Waals surface area (Å²) in [5.74, 6) is 6.01. The zero-order valence-electron chi connectivity index (χ0n) is 13.6. The first kappa shape index (κ1) is 15.0. The first-order valence-corrected chi connectivity index (χ1v) is 7.59. The second-order valence-electron chi connectivity index (χ2n) is 5.73. The number of hydrogen-bond donors (Lipinski definition) is 1. The fraction of sp³-hybridized carbons (Fsp3) is 0.176. The zero-order valence-corrected chi connectivity index (χ0v) is 13.6. The van der Waals surface area contributed by atoms with Crippen molar-refractivity contribution in [1.29, 1.82) is 0 Å². The Morgan fingerprint density at radius 3 is 2.92 bits per heavy atom. The highest BCUT2D eigenvalue weighted by Crippen LogP contribution is 2.11. The van der Waals surface area contributed by atoms with Gasteiger partial charge in [-0.1, -0.05) is 11.8 Å². The Morgan fingerprint density at radius 1 is 1.24 bits per heavy atom. The van der Waals surface area contributed by atoms with E-state index in [0.717, 1.165) is 21.0 Å². The quantitative estimate of drug-likeness (QED) is 0.509. The molecule has 0 unspecified atom stereocenters. The molecule has 1 aromatic carbocycles. The van der Waals surface area contributed by atoms with Crippen molar-refractivity contribution in [2.45, 2.75) is 6.54 Å². The molecule has 4 aromatic rings. The molecule has 124 valence electrons. The van der Waals surface area contributed by atoms with E-state index in [-0.39, 0.29) is 12.1 Å². The minimum absolute atomic E-state index is 0.140. The number of nitrogens with zero attached hydrogens (tertiary/aromatic N) is 5. The zero-order chi connectivity index (χ0) is 17.6. The standard InChI is InChI=1S/C17H14N6O2/c1-21-10-18-15-14(21)16(24)22(2)17(25)23(15)7-3-4-11-5-6-12-9-19-20-13(12)8-11/h5-6,8-10H,7H2,1-2H3,(H,19,20). The second-order valence-corrected chi connectivity index (χ2v) is 5.73. The molecule has 1 N–H and O–H groups in total. The molecule has 0 amide bonds. The van der Waals surface area contributed by atoms with Crippen molar-refractivity contribution < 1.29 is 0 Å². The van der Waals surface area contributed by atoms with Gasteiger partial charge in [0.15, 0.2) is 11.2 Å². The van der Waals surface area contributed by atoms with Gasteiger partial charge >= 0.3 is 5.69 Å². The van der Waals surface area contributed by atoms with Crippen molar-refractivity contribution in [3.05, 3.63) is 57.1 Å². The van der Waals surface area contributed by atoms with Gasteiger partial charge in [0.2, 0.25) is 0 Å². The summed E-state index contributed by atoms with van der Waals surface area (Å²) >= 11 is 0. The number of fused-ring (bicyclic) bond motifs is 2. The summed E-state index contributed by atoms with van der Waals surface area (Å²) in [4.78, 5) is 28.8. The van der Waals surface area contributed by atoms with E-state index in [1.165, 1.54) is 17.9 Å². The molecule has 0 aliphatic heterocycles. The summed E-state index contributed by atoms with van der Waals surface area (Å²) in [7, 11) is 3.17. The second kappa shape index (κ2) is 5.49. The van der Waals surface area contributed by atoms with E-state index in [0.29, 0.717) is 11.2 Å². The van der Waals surface area contributed by atoms with E-state index in [9.17, 15) is 9.59 Å². The van der Waals surface area contributed by atoms with Gasteiger partial charge in [-0.2, -0.15) is 5.10 Å². The lowest BCUT2D eigenvalue weighted by Crippen LogP contribution is -2.38. The Kier molecular flexibility index (Phi) is 3.28. The molecule has 0 aliphatic rings. The van der Waals surface area contributed by atoms with E-state index in [1.807, 2.05) is 18.2 Å². The fourth-order valence-corrected chi connectivity index (χ4v) is 2.76. The van der Waals surface area contributed by atoms with Crippen LogP contribution in [0.5, 0.6) is 0 Å². The fourth-order valence-electron chi connectivity index (χ4n) is 2.76. The number of benzene rings is 1. The molecule has 8 nitrogen and oxygen atoms in total. The van der Waals surface area contributed by atoms with E-state index < -0.39 is 5.69 Å². The molecular formula is C17H14N6O2. The van der Waals surface area contributed by atoms with Crippen LogP contribution in [0.15, 0.2) is 40.3 Å². The molecule has 0 spiro atoms. The maximum absolute atomic E-state index is 12.4. The summed E-state index contributed by atoms with van der Waals surface area (Å²) < 4.78 is 4.08. The minimum Gasteiger partial charge on any atom is -0.328 e. The van der Waals surface area contributed by atoms with Crippen LogP contribution < -0.4 is 11.2 Å². The van der Waals surface area contributed by atoms with E-state index in [2.05, 4.69) is 27.0 Å². The van der Waals surface area contributed by atoms with Gasteiger partial charge in [-0.05, 0) is 18.2 Å². The molecule has 0 fully saturated rings. The summed E-state index contributed by atoms with van der Waals surface area (Å²) in [6.07, 6.45) is 3.26. The van der Waals surface area contributed by atoms with Crippen LogP contribution in [0.25, 0.3) is 22.1 Å². The van der Waals surface area contributed by atoms with Crippen molar-refractivity contribution in [2.75, 3.05) is 0 Å². The number of hydrogen-bond acceptors (Lipinski definition) is 4. The molecule has 0 radical (unpaired) electrons. The molecule has 25 heavy (non-hydrogen) atoms. The number of aromatic amines is 1. The molecule has 3 aromatic heterocycles. The predicted octanol–water partition coefficient (Wildman–Crippen LogP) is 0.362. The number of H-pyrrole nitrogens is 1. The Hall–Kier alpha value is -3.60. The maximum atomic E-state index is 12.4. The van der Waals surface area contributed by atoms with Gasteiger partial charge in [0, 0.05) is 25.0 Å². The average molecular weight is 334 g/mol. The lowest BCUT2D eigenvalue weighted by Gasteiger charge is -2.05. The van der Waals surface area contributed by atoms with E-state index in [4.69, 9.17) is 0 Å². The summed E-state index contributed by atoms with van der Waals surface area (Å²) in [5, 5.41) is 7.88. The normalized spacial score (nSPS) is 11.0. The van der Waals surface area contributed by atoms with Crippen LogP contribution >= 0.6 is 0 Å². The highest BCUT2D eigenvalue weighted by molar-refractivity contribution is 5.79. The molecule has 0 aliphatic carbocycles. The van der Waals surface area contributed by atoms with Crippen LogP contribution in [0.4, 0.5) is 0 Å². The summed E-state index contributed by atoms with van der Waals surface area (Å²) in [6, 6.07) is 5.72. The largest absolute Gasteiger partial charge is 0.333 e. The first-order valence-electron chi connectivity index (χ1n) is 7.59. The number of nitrogens with one attached hydrogen (secondary N) is 1. The van der Waals surface area contributed by atoms with Gasteiger partial charge < -0.3 is 4.57 Å².